The van der Waals surface area contributed by atoms with E-state index in [1.165, 1.54) is 29.5 Å². The van der Waals surface area contributed by atoms with Crippen LogP contribution in [0.1, 0.15) is 35.2 Å². The van der Waals surface area contributed by atoms with Gasteiger partial charge in [0.25, 0.3) is 0 Å². The summed E-state index contributed by atoms with van der Waals surface area (Å²) in [5, 5.41) is 0. The Morgan fingerprint density at radius 1 is 0.895 bits per heavy atom. The van der Waals surface area contributed by atoms with Crippen LogP contribution in [-0.4, -0.2) is 0 Å². The molecule has 100 valence electrons. The van der Waals surface area contributed by atoms with Gasteiger partial charge in [0.2, 0.25) is 0 Å². The average molecular weight is 271 g/mol. The van der Waals surface area contributed by atoms with E-state index >= 15 is 0 Å². The van der Waals surface area contributed by atoms with Crippen molar-refractivity contribution in [3.05, 3.63) is 71.3 Å². The van der Waals surface area contributed by atoms with E-state index in [0.717, 1.165) is 6.42 Å². The summed E-state index contributed by atoms with van der Waals surface area (Å²) in [5.74, 6) is 0. The molecular weight excluding hydrogens is 249 g/mol. The molecule has 2 atom stereocenters. The van der Waals surface area contributed by atoms with Crippen molar-refractivity contribution in [1.82, 2.24) is 0 Å². The number of hydrogen-bond acceptors (Lipinski definition) is 1. The second-order valence-electron chi connectivity index (χ2n) is 4.93. The van der Waals surface area contributed by atoms with Gasteiger partial charge in [-0.15, -0.1) is 9.24 Å². The first-order chi connectivity index (χ1) is 9.29. The molecule has 0 fully saturated rings. The minimum atomic E-state index is 0.538. The predicted octanol–water partition coefficient (Wildman–Crippen LogP) is 4.08. The van der Waals surface area contributed by atoms with Crippen molar-refractivity contribution in [2.75, 3.05) is 0 Å². The Bertz CT molecular complexity index is 478. The molecule has 0 aliphatic carbocycles. The molecule has 0 saturated heterocycles. The molecule has 2 unspecified atom stereocenters. The minimum absolute atomic E-state index is 0.538. The van der Waals surface area contributed by atoms with Gasteiger partial charge in [0.1, 0.15) is 0 Å². The van der Waals surface area contributed by atoms with Gasteiger partial charge in [-0.05, 0) is 41.6 Å². The van der Waals surface area contributed by atoms with Gasteiger partial charge in [0.05, 0.1) is 0 Å². The molecule has 0 aliphatic rings. The Hall–Kier alpha value is -1.17. The summed E-state index contributed by atoms with van der Waals surface area (Å²) in [6.45, 7) is 0.621. The van der Waals surface area contributed by atoms with Crippen LogP contribution in [0.5, 0.6) is 0 Å². The van der Waals surface area contributed by atoms with E-state index in [0.29, 0.717) is 12.2 Å². The van der Waals surface area contributed by atoms with E-state index in [1.54, 1.807) is 0 Å². The quantitative estimate of drug-likeness (QED) is 0.787. The lowest BCUT2D eigenvalue weighted by Gasteiger charge is -2.12. The van der Waals surface area contributed by atoms with Crippen LogP contribution < -0.4 is 5.73 Å². The normalized spacial score (nSPS) is 12.3. The van der Waals surface area contributed by atoms with Crippen LogP contribution in [0.25, 0.3) is 0 Å². The Morgan fingerprint density at radius 2 is 1.58 bits per heavy atom. The van der Waals surface area contributed by atoms with Crippen LogP contribution in [0.4, 0.5) is 0 Å². The van der Waals surface area contributed by atoms with Crippen molar-refractivity contribution >= 4 is 9.24 Å². The molecular formula is C17H22NP. The Balaban J connectivity index is 1.82. The standard InChI is InChI=1S/C17H22NP/c18-13-15-9-11-16(12-10-15)17(19)8-4-7-14-5-2-1-3-6-14/h1-3,5-6,9-12,17H,4,7-8,13,18-19H2. The van der Waals surface area contributed by atoms with Crippen molar-refractivity contribution in [1.29, 1.82) is 0 Å². The van der Waals surface area contributed by atoms with Crippen LogP contribution in [0.3, 0.4) is 0 Å². The third kappa shape index (κ3) is 4.45. The van der Waals surface area contributed by atoms with Gasteiger partial charge in [0.15, 0.2) is 0 Å². The summed E-state index contributed by atoms with van der Waals surface area (Å²) in [5.41, 5.74) is 10.2. The highest BCUT2D eigenvalue weighted by molar-refractivity contribution is 7.17. The molecule has 0 aromatic heterocycles. The average Bonchev–Trinajstić information content (AvgIpc) is 2.48. The Morgan fingerprint density at radius 3 is 2.21 bits per heavy atom. The van der Waals surface area contributed by atoms with E-state index in [1.807, 2.05) is 0 Å². The first-order valence-corrected chi connectivity index (χ1v) is 7.54. The van der Waals surface area contributed by atoms with Crippen molar-refractivity contribution in [3.8, 4) is 0 Å². The van der Waals surface area contributed by atoms with Crippen molar-refractivity contribution in [2.24, 2.45) is 5.73 Å². The maximum Gasteiger partial charge on any atom is 0.0178 e. The molecule has 0 saturated carbocycles. The minimum Gasteiger partial charge on any atom is -0.326 e. The van der Waals surface area contributed by atoms with Gasteiger partial charge in [-0.1, -0.05) is 54.6 Å². The third-order valence-electron chi connectivity index (χ3n) is 3.47. The molecule has 1 nitrogen and oxygen atoms in total. The summed E-state index contributed by atoms with van der Waals surface area (Å²) >= 11 is 0. The maximum absolute atomic E-state index is 5.62. The van der Waals surface area contributed by atoms with Crippen LogP contribution in [0.15, 0.2) is 54.6 Å². The fraction of sp³-hybridized carbons (Fsp3) is 0.294. The monoisotopic (exact) mass is 271 g/mol. The van der Waals surface area contributed by atoms with E-state index in [9.17, 15) is 0 Å². The van der Waals surface area contributed by atoms with Gasteiger partial charge in [-0.3, -0.25) is 0 Å². The SMILES string of the molecule is NCc1ccc(C(P)CCCc2ccccc2)cc1. The molecule has 2 N–H and O–H groups in total. The highest BCUT2D eigenvalue weighted by Crippen LogP contribution is 2.28. The highest BCUT2D eigenvalue weighted by atomic mass is 31.0. The predicted molar refractivity (Wildman–Crippen MR) is 86.2 cm³/mol. The number of nitrogens with two attached hydrogens (primary N) is 1. The summed E-state index contributed by atoms with van der Waals surface area (Å²) in [6, 6.07) is 19.3. The summed E-state index contributed by atoms with van der Waals surface area (Å²) < 4.78 is 0. The van der Waals surface area contributed by atoms with Gasteiger partial charge in [0, 0.05) is 6.54 Å². The molecule has 0 amide bonds. The number of benzene rings is 2. The number of rotatable bonds is 6. The summed E-state index contributed by atoms with van der Waals surface area (Å²) in [7, 11) is 2.96. The largest absolute Gasteiger partial charge is 0.326 e. The molecule has 0 bridgehead atoms. The van der Waals surface area contributed by atoms with E-state index in [4.69, 9.17) is 5.73 Å². The third-order valence-corrected chi connectivity index (χ3v) is 4.19. The molecule has 0 radical (unpaired) electrons. The lowest BCUT2D eigenvalue weighted by Crippen LogP contribution is -1.97. The summed E-state index contributed by atoms with van der Waals surface area (Å²) in [4.78, 5) is 0. The number of hydrogen-bond donors (Lipinski definition) is 1. The van der Waals surface area contributed by atoms with Gasteiger partial charge in [-0.2, -0.15) is 0 Å². The molecule has 2 rings (SSSR count). The summed E-state index contributed by atoms with van der Waals surface area (Å²) in [6.07, 6.45) is 3.57. The second-order valence-corrected chi connectivity index (χ2v) is 5.73. The smallest absolute Gasteiger partial charge is 0.0178 e. The zero-order chi connectivity index (χ0) is 13.5. The molecule has 2 heteroatoms. The molecule has 0 heterocycles. The highest BCUT2D eigenvalue weighted by Gasteiger charge is 2.05. The first kappa shape index (κ1) is 14.2. The van der Waals surface area contributed by atoms with Crippen LogP contribution >= 0.6 is 9.24 Å². The van der Waals surface area contributed by atoms with Gasteiger partial charge < -0.3 is 5.73 Å². The molecule has 19 heavy (non-hydrogen) atoms. The topological polar surface area (TPSA) is 26.0 Å². The molecule has 2 aromatic carbocycles. The Labute approximate surface area is 118 Å². The van der Waals surface area contributed by atoms with E-state index in [-0.39, 0.29) is 0 Å². The van der Waals surface area contributed by atoms with Crippen LogP contribution in [0.2, 0.25) is 0 Å². The number of aryl methyl sites for hydroxylation is 1. The molecule has 2 aromatic rings. The van der Waals surface area contributed by atoms with Crippen LogP contribution in [-0.2, 0) is 13.0 Å². The zero-order valence-electron chi connectivity index (χ0n) is 11.3. The molecule has 0 aliphatic heterocycles. The lowest BCUT2D eigenvalue weighted by atomic mass is 10.0. The van der Waals surface area contributed by atoms with E-state index in [2.05, 4.69) is 63.8 Å². The van der Waals surface area contributed by atoms with Gasteiger partial charge >= 0.3 is 0 Å². The van der Waals surface area contributed by atoms with Gasteiger partial charge in [-0.25, -0.2) is 0 Å². The first-order valence-electron chi connectivity index (χ1n) is 6.88. The maximum atomic E-state index is 5.62. The fourth-order valence-corrected chi connectivity index (χ4v) is 2.70. The van der Waals surface area contributed by atoms with Crippen molar-refractivity contribution < 1.29 is 0 Å². The van der Waals surface area contributed by atoms with Crippen LogP contribution in [0, 0.1) is 0 Å². The molecule has 0 spiro atoms. The zero-order valence-corrected chi connectivity index (χ0v) is 12.4. The van der Waals surface area contributed by atoms with Crippen molar-refractivity contribution in [2.45, 2.75) is 31.5 Å². The van der Waals surface area contributed by atoms with E-state index < -0.39 is 0 Å². The Kier molecular flexibility index (Phi) is 5.57. The lowest BCUT2D eigenvalue weighted by molar-refractivity contribution is 0.722. The fourth-order valence-electron chi connectivity index (χ4n) is 2.24. The van der Waals surface area contributed by atoms with Crippen molar-refractivity contribution in [3.63, 3.8) is 0 Å². The second kappa shape index (κ2) is 7.43.